The first-order valence-electron chi connectivity index (χ1n) is 7.44. The summed E-state index contributed by atoms with van der Waals surface area (Å²) in [7, 11) is 1.78. The number of hydrogen-bond acceptors (Lipinski definition) is 3. The lowest BCUT2D eigenvalue weighted by Crippen LogP contribution is -2.64. The molecule has 1 fully saturated rings. The Kier molecular flexibility index (Phi) is 5.20. The van der Waals surface area contributed by atoms with Gasteiger partial charge in [0.15, 0.2) is 5.96 Å². The highest BCUT2D eigenvalue weighted by Gasteiger charge is 2.40. The van der Waals surface area contributed by atoms with Gasteiger partial charge in [0.05, 0.1) is 24.8 Å². The summed E-state index contributed by atoms with van der Waals surface area (Å²) >= 11 is 0. The van der Waals surface area contributed by atoms with E-state index < -0.39 is 0 Å². The number of rotatable bonds is 4. The fourth-order valence-corrected chi connectivity index (χ4v) is 3.09. The van der Waals surface area contributed by atoms with Crippen molar-refractivity contribution >= 4 is 5.96 Å². The van der Waals surface area contributed by atoms with E-state index >= 15 is 0 Å². The van der Waals surface area contributed by atoms with Gasteiger partial charge in [-0.2, -0.15) is 0 Å². The van der Waals surface area contributed by atoms with Gasteiger partial charge in [0.2, 0.25) is 0 Å². The van der Waals surface area contributed by atoms with Crippen LogP contribution in [0.15, 0.2) is 24.3 Å². The van der Waals surface area contributed by atoms with Crippen LogP contribution in [0.5, 0.6) is 0 Å². The predicted molar refractivity (Wildman–Crippen MR) is 82.0 cm³/mol. The maximum Gasteiger partial charge on any atom is 0.188 e. The molecule has 0 amide bonds. The van der Waals surface area contributed by atoms with E-state index in [1.165, 1.54) is 0 Å². The molecule has 3 N–H and O–H groups in total. The number of nitrogens with one attached hydrogen (secondary N) is 3. The van der Waals surface area contributed by atoms with Crippen LogP contribution in [0.1, 0.15) is 19.8 Å². The number of ether oxygens (including phenoxy) is 1. The molecule has 1 saturated heterocycles. The van der Waals surface area contributed by atoms with Crippen LogP contribution in [0.25, 0.3) is 0 Å². The fourth-order valence-electron chi connectivity index (χ4n) is 3.09. The first-order valence-corrected chi connectivity index (χ1v) is 7.44. The highest BCUT2D eigenvalue weighted by molar-refractivity contribution is 5.77. The van der Waals surface area contributed by atoms with Crippen LogP contribution in [0.2, 0.25) is 0 Å². The van der Waals surface area contributed by atoms with E-state index in [9.17, 15) is 0 Å². The van der Waals surface area contributed by atoms with Crippen LogP contribution in [-0.2, 0) is 4.74 Å². The van der Waals surface area contributed by atoms with Crippen LogP contribution in [0.3, 0.4) is 0 Å². The molecule has 5 nitrogen and oxygen atoms in total. The van der Waals surface area contributed by atoms with Crippen molar-refractivity contribution in [3.8, 4) is 0 Å². The summed E-state index contributed by atoms with van der Waals surface area (Å²) in [5, 5.41) is 14.2. The maximum atomic E-state index is 7.96. The molecule has 20 heavy (non-hydrogen) atoms. The van der Waals surface area contributed by atoms with E-state index in [0.29, 0.717) is 5.96 Å². The van der Waals surface area contributed by atoms with Gasteiger partial charge in [0.25, 0.3) is 0 Å². The average Bonchev–Trinajstić information content (AvgIpc) is 2.48. The van der Waals surface area contributed by atoms with Crippen molar-refractivity contribution in [1.82, 2.24) is 15.5 Å². The molecule has 0 radical (unpaired) electrons. The molecule has 1 aliphatic heterocycles. The van der Waals surface area contributed by atoms with Crippen LogP contribution >= 0.6 is 0 Å². The molecule has 5 heteroatoms. The molecule has 0 bridgehead atoms. The molecule has 2 rings (SSSR count). The lowest BCUT2D eigenvalue weighted by Gasteiger charge is -2.46. The summed E-state index contributed by atoms with van der Waals surface area (Å²) in [5.74, 6) is 0.372. The summed E-state index contributed by atoms with van der Waals surface area (Å²) < 4.78 is 5.46. The lowest BCUT2D eigenvalue weighted by atomic mass is 9.81. The van der Waals surface area contributed by atoms with Gasteiger partial charge in [-0.15, -0.1) is 0 Å². The summed E-state index contributed by atoms with van der Waals surface area (Å²) in [4.78, 5) is 2.45. The second kappa shape index (κ2) is 6.90. The van der Waals surface area contributed by atoms with Gasteiger partial charge in [-0.3, -0.25) is 10.3 Å². The number of nitrogens with zero attached hydrogens (tertiary/aromatic N) is 1. The standard InChI is InChI=1S/C15H26N4O/c1-3-7-15(18-14(16)17-2)8-5-4-6-13(15)19-9-11-20-12-10-19/h4-6,8,13H,3,7,9-12H2,1-2H3,(H3,16,17,18). The zero-order valence-electron chi connectivity index (χ0n) is 12.5. The number of guanidine groups is 1. The molecule has 112 valence electrons. The molecular weight excluding hydrogens is 252 g/mol. The lowest BCUT2D eigenvalue weighted by molar-refractivity contribution is 0.0111. The molecule has 1 heterocycles. The molecule has 2 aliphatic rings. The van der Waals surface area contributed by atoms with Gasteiger partial charge >= 0.3 is 0 Å². The van der Waals surface area contributed by atoms with Crippen molar-refractivity contribution in [3.63, 3.8) is 0 Å². The molecule has 2 atom stereocenters. The maximum absolute atomic E-state index is 7.96. The minimum absolute atomic E-state index is 0.207. The van der Waals surface area contributed by atoms with Gasteiger partial charge in [-0.25, -0.2) is 0 Å². The van der Waals surface area contributed by atoms with Crippen molar-refractivity contribution in [1.29, 1.82) is 5.41 Å². The van der Waals surface area contributed by atoms with Gasteiger partial charge in [0.1, 0.15) is 0 Å². The zero-order valence-corrected chi connectivity index (χ0v) is 12.5. The predicted octanol–water partition coefficient (Wildman–Crippen LogP) is 1.10. The van der Waals surface area contributed by atoms with Crippen molar-refractivity contribution in [2.45, 2.75) is 31.3 Å². The summed E-state index contributed by atoms with van der Waals surface area (Å²) in [6.07, 6.45) is 10.7. The monoisotopic (exact) mass is 278 g/mol. The second-order valence-corrected chi connectivity index (χ2v) is 5.38. The normalized spacial score (nSPS) is 30.2. The Labute approximate surface area is 121 Å². The van der Waals surface area contributed by atoms with Crippen molar-refractivity contribution in [2.24, 2.45) is 0 Å². The number of hydrogen-bond donors (Lipinski definition) is 3. The van der Waals surface area contributed by atoms with Crippen LogP contribution in [0.4, 0.5) is 0 Å². The van der Waals surface area contributed by atoms with Crippen LogP contribution in [-0.4, -0.2) is 55.8 Å². The number of allylic oxidation sites excluding steroid dienone is 2. The molecule has 0 saturated carbocycles. The van der Waals surface area contributed by atoms with Gasteiger partial charge in [-0.1, -0.05) is 37.6 Å². The van der Waals surface area contributed by atoms with Crippen molar-refractivity contribution in [3.05, 3.63) is 24.3 Å². The molecule has 1 aliphatic carbocycles. The molecular formula is C15H26N4O. The van der Waals surface area contributed by atoms with E-state index in [-0.39, 0.29) is 11.6 Å². The Hall–Kier alpha value is -1.33. The van der Waals surface area contributed by atoms with Crippen molar-refractivity contribution < 1.29 is 4.74 Å². The molecule has 2 unspecified atom stereocenters. The minimum atomic E-state index is -0.207. The Morgan fingerprint density at radius 2 is 2.15 bits per heavy atom. The molecule has 0 aromatic carbocycles. The minimum Gasteiger partial charge on any atom is -0.379 e. The molecule has 0 aromatic rings. The van der Waals surface area contributed by atoms with Gasteiger partial charge < -0.3 is 15.4 Å². The highest BCUT2D eigenvalue weighted by atomic mass is 16.5. The van der Waals surface area contributed by atoms with Crippen LogP contribution in [0, 0.1) is 5.41 Å². The van der Waals surface area contributed by atoms with Gasteiger partial charge in [-0.05, 0) is 6.42 Å². The summed E-state index contributed by atoms with van der Waals surface area (Å²) in [6, 6.07) is 0.269. The third-order valence-corrected chi connectivity index (χ3v) is 4.04. The Morgan fingerprint density at radius 3 is 2.80 bits per heavy atom. The number of morpholine rings is 1. The summed E-state index contributed by atoms with van der Waals surface area (Å²) in [5.41, 5.74) is -0.207. The van der Waals surface area contributed by atoms with Gasteiger partial charge in [0, 0.05) is 20.1 Å². The third-order valence-electron chi connectivity index (χ3n) is 4.04. The second-order valence-electron chi connectivity index (χ2n) is 5.38. The van der Waals surface area contributed by atoms with Crippen molar-refractivity contribution in [2.75, 3.05) is 33.4 Å². The average molecular weight is 278 g/mol. The smallest absolute Gasteiger partial charge is 0.188 e. The van der Waals surface area contributed by atoms with Crippen LogP contribution < -0.4 is 10.6 Å². The fraction of sp³-hybridized carbons (Fsp3) is 0.667. The Bertz CT molecular complexity index is 387. The van der Waals surface area contributed by atoms with E-state index in [0.717, 1.165) is 39.1 Å². The topological polar surface area (TPSA) is 60.4 Å². The first-order chi connectivity index (χ1) is 9.72. The first kappa shape index (κ1) is 15.1. The molecule has 0 spiro atoms. The third kappa shape index (κ3) is 3.22. The van der Waals surface area contributed by atoms with E-state index in [1.807, 2.05) is 0 Å². The zero-order chi connectivity index (χ0) is 14.4. The largest absolute Gasteiger partial charge is 0.379 e. The van der Waals surface area contributed by atoms with E-state index in [4.69, 9.17) is 10.1 Å². The van der Waals surface area contributed by atoms with E-state index in [2.05, 4.69) is 46.8 Å². The Balaban J connectivity index is 2.22. The summed E-state index contributed by atoms with van der Waals surface area (Å²) in [6.45, 7) is 5.67. The Morgan fingerprint density at radius 1 is 1.40 bits per heavy atom. The van der Waals surface area contributed by atoms with E-state index in [1.54, 1.807) is 7.05 Å². The quantitative estimate of drug-likeness (QED) is 0.532. The SMILES string of the molecule is CCCC1(NC(=N)NC)C=CC=CC1N1CCOCC1. The highest BCUT2D eigenvalue weighted by Crippen LogP contribution is 2.28. The molecule has 0 aromatic heterocycles.